The molecule has 0 spiro atoms. The Kier molecular flexibility index (Phi) is 5.04. The number of hydrogen-bond acceptors (Lipinski definition) is 3. The number of benzene rings is 2. The molecule has 0 aliphatic rings. The predicted octanol–water partition coefficient (Wildman–Crippen LogP) is 3.34. The second-order valence-corrected chi connectivity index (χ2v) is 4.44. The molecule has 4 nitrogen and oxygen atoms in total. The summed E-state index contributed by atoms with van der Waals surface area (Å²) in [5.74, 6) is -0.196. The molecule has 0 unspecified atom stereocenters. The molecule has 112 valence electrons. The van der Waals surface area contributed by atoms with E-state index < -0.39 is 6.61 Å². The van der Waals surface area contributed by atoms with Crippen LogP contribution in [0.5, 0.6) is 5.75 Å². The fourth-order valence-electron chi connectivity index (χ4n) is 1.81. The molecule has 0 heterocycles. The van der Waals surface area contributed by atoms with Crippen molar-refractivity contribution in [3.8, 4) is 11.8 Å². The van der Waals surface area contributed by atoms with Crippen LogP contribution < -0.4 is 10.1 Å². The second-order valence-electron chi connectivity index (χ2n) is 4.44. The minimum Gasteiger partial charge on any atom is -0.435 e. The van der Waals surface area contributed by atoms with Gasteiger partial charge in [0.2, 0.25) is 5.91 Å². The van der Waals surface area contributed by atoms with Gasteiger partial charge in [-0.05, 0) is 42.0 Å². The summed E-state index contributed by atoms with van der Waals surface area (Å²) < 4.78 is 28.3. The number of carbonyl (C=O) groups excluding carboxylic acids is 1. The van der Waals surface area contributed by atoms with E-state index in [1.54, 1.807) is 36.4 Å². The zero-order valence-corrected chi connectivity index (χ0v) is 11.4. The topological polar surface area (TPSA) is 62.1 Å². The number of nitriles is 1. The molecule has 0 fully saturated rings. The number of anilines is 1. The summed E-state index contributed by atoms with van der Waals surface area (Å²) in [7, 11) is 0. The van der Waals surface area contributed by atoms with Gasteiger partial charge in [-0.2, -0.15) is 14.0 Å². The first kappa shape index (κ1) is 15.4. The molecule has 0 radical (unpaired) electrons. The molecule has 0 atom stereocenters. The van der Waals surface area contributed by atoms with Crippen LogP contribution in [0, 0.1) is 11.3 Å². The van der Waals surface area contributed by atoms with E-state index in [4.69, 9.17) is 5.26 Å². The van der Waals surface area contributed by atoms with Gasteiger partial charge in [0.25, 0.3) is 0 Å². The van der Waals surface area contributed by atoms with Crippen LogP contribution in [0.1, 0.15) is 11.1 Å². The summed E-state index contributed by atoms with van der Waals surface area (Å²) in [5, 5.41) is 11.4. The van der Waals surface area contributed by atoms with Crippen molar-refractivity contribution in [3.05, 3.63) is 59.7 Å². The smallest absolute Gasteiger partial charge is 0.387 e. The highest BCUT2D eigenvalue weighted by Gasteiger charge is 2.07. The van der Waals surface area contributed by atoms with Gasteiger partial charge in [0.1, 0.15) is 5.75 Å². The summed E-state index contributed by atoms with van der Waals surface area (Å²) in [6.07, 6.45) is 0.106. The molecule has 1 amide bonds. The molecule has 0 bridgehead atoms. The Bertz CT molecular complexity index is 677. The van der Waals surface area contributed by atoms with Crippen molar-refractivity contribution in [2.24, 2.45) is 0 Å². The summed E-state index contributed by atoms with van der Waals surface area (Å²) >= 11 is 0. The van der Waals surface area contributed by atoms with Crippen molar-refractivity contribution < 1.29 is 18.3 Å². The zero-order valence-electron chi connectivity index (χ0n) is 11.4. The van der Waals surface area contributed by atoms with E-state index in [0.29, 0.717) is 16.8 Å². The van der Waals surface area contributed by atoms with Crippen molar-refractivity contribution in [2.45, 2.75) is 13.0 Å². The lowest BCUT2D eigenvalue weighted by Gasteiger charge is -2.07. The standard InChI is InChI=1S/C16H12F2N2O2/c17-16(18)22-14-7-3-11(4-8-14)9-15(21)20-13-5-1-12(10-19)2-6-13/h1-8,16H,9H2,(H,20,21). The third kappa shape index (κ3) is 4.56. The van der Waals surface area contributed by atoms with E-state index in [2.05, 4.69) is 10.1 Å². The summed E-state index contributed by atoms with van der Waals surface area (Å²) in [6, 6.07) is 14.3. The normalized spacial score (nSPS) is 10.1. The van der Waals surface area contributed by atoms with E-state index >= 15 is 0 Å². The number of ether oxygens (including phenoxy) is 1. The summed E-state index contributed by atoms with van der Waals surface area (Å²) in [6.45, 7) is -2.87. The Balaban J connectivity index is 1.92. The molecule has 1 N–H and O–H groups in total. The van der Waals surface area contributed by atoms with Crippen LogP contribution in [0.3, 0.4) is 0 Å². The number of hydrogen-bond donors (Lipinski definition) is 1. The number of rotatable bonds is 5. The van der Waals surface area contributed by atoms with Gasteiger partial charge in [-0.15, -0.1) is 0 Å². The highest BCUT2D eigenvalue weighted by molar-refractivity contribution is 5.92. The molecule has 0 aromatic heterocycles. The first-order valence-electron chi connectivity index (χ1n) is 6.40. The molecule has 2 aromatic carbocycles. The number of amides is 1. The monoisotopic (exact) mass is 302 g/mol. The van der Waals surface area contributed by atoms with E-state index in [1.807, 2.05) is 6.07 Å². The Hall–Kier alpha value is -2.94. The van der Waals surface area contributed by atoms with E-state index in [1.165, 1.54) is 12.1 Å². The fraction of sp³-hybridized carbons (Fsp3) is 0.125. The first-order chi connectivity index (χ1) is 10.6. The van der Waals surface area contributed by atoms with Gasteiger partial charge < -0.3 is 10.1 Å². The van der Waals surface area contributed by atoms with Crippen LogP contribution >= 0.6 is 0 Å². The molecule has 2 aromatic rings. The maximum atomic E-state index is 12.0. The second kappa shape index (κ2) is 7.18. The van der Waals surface area contributed by atoms with Gasteiger partial charge in [-0.1, -0.05) is 12.1 Å². The van der Waals surface area contributed by atoms with Crippen LogP contribution in [0.4, 0.5) is 14.5 Å². The van der Waals surface area contributed by atoms with Crippen LogP contribution in [0.15, 0.2) is 48.5 Å². The Labute approximate surface area is 125 Å². The van der Waals surface area contributed by atoms with Crippen molar-refractivity contribution in [2.75, 3.05) is 5.32 Å². The largest absolute Gasteiger partial charge is 0.435 e. The molecule has 0 saturated carbocycles. The lowest BCUT2D eigenvalue weighted by atomic mass is 10.1. The molecule has 0 saturated heterocycles. The summed E-state index contributed by atoms with van der Waals surface area (Å²) in [5.41, 5.74) is 1.77. The lowest BCUT2D eigenvalue weighted by molar-refractivity contribution is -0.115. The Morgan fingerprint density at radius 2 is 1.77 bits per heavy atom. The summed E-state index contributed by atoms with van der Waals surface area (Å²) in [4.78, 5) is 11.9. The SMILES string of the molecule is N#Cc1ccc(NC(=O)Cc2ccc(OC(F)F)cc2)cc1. The van der Waals surface area contributed by atoms with Gasteiger partial charge in [0.15, 0.2) is 0 Å². The van der Waals surface area contributed by atoms with Gasteiger partial charge in [0, 0.05) is 5.69 Å². The molecular formula is C16H12F2N2O2. The minimum atomic E-state index is -2.87. The van der Waals surface area contributed by atoms with Crippen LogP contribution in [-0.4, -0.2) is 12.5 Å². The highest BCUT2D eigenvalue weighted by atomic mass is 19.3. The van der Waals surface area contributed by atoms with Crippen molar-refractivity contribution in [1.82, 2.24) is 0 Å². The number of alkyl halides is 2. The first-order valence-corrected chi connectivity index (χ1v) is 6.40. The van der Waals surface area contributed by atoms with Crippen molar-refractivity contribution in [1.29, 1.82) is 5.26 Å². The number of nitrogens with one attached hydrogen (secondary N) is 1. The molecule has 6 heteroatoms. The third-order valence-corrected chi connectivity index (χ3v) is 2.81. The average Bonchev–Trinajstić information content (AvgIpc) is 2.49. The number of halogens is 2. The predicted molar refractivity (Wildman–Crippen MR) is 76.6 cm³/mol. The highest BCUT2D eigenvalue weighted by Crippen LogP contribution is 2.16. The van der Waals surface area contributed by atoms with Gasteiger partial charge >= 0.3 is 6.61 Å². The molecule has 2 rings (SSSR count). The van der Waals surface area contributed by atoms with Crippen LogP contribution in [-0.2, 0) is 11.2 Å². The average molecular weight is 302 g/mol. The van der Waals surface area contributed by atoms with E-state index in [0.717, 1.165) is 0 Å². The number of carbonyl (C=O) groups is 1. The molecule has 22 heavy (non-hydrogen) atoms. The Morgan fingerprint density at radius 1 is 1.14 bits per heavy atom. The third-order valence-electron chi connectivity index (χ3n) is 2.81. The number of nitrogens with zero attached hydrogens (tertiary/aromatic N) is 1. The maximum absolute atomic E-state index is 12.0. The van der Waals surface area contributed by atoms with Gasteiger partial charge in [-0.25, -0.2) is 0 Å². The van der Waals surface area contributed by atoms with Crippen LogP contribution in [0.2, 0.25) is 0 Å². The lowest BCUT2D eigenvalue weighted by Crippen LogP contribution is -2.14. The zero-order chi connectivity index (χ0) is 15.9. The van der Waals surface area contributed by atoms with Crippen molar-refractivity contribution >= 4 is 11.6 Å². The van der Waals surface area contributed by atoms with Crippen molar-refractivity contribution in [3.63, 3.8) is 0 Å². The van der Waals surface area contributed by atoms with Crippen LogP contribution in [0.25, 0.3) is 0 Å². The molecular weight excluding hydrogens is 290 g/mol. The quantitative estimate of drug-likeness (QED) is 0.921. The maximum Gasteiger partial charge on any atom is 0.387 e. The molecule has 0 aliphatic heterocycles. The molecule has 0 aliphatic carbocycles. The fourth-order valence-corrected chi connectivity index (χ4v) is 1.81. The van der Waals surface area contributed by atoms with Gasteiger partial charge in [0.05, 0.1) is 18.1 Å². The van der Waals surface area contributed by atoms with E-state index in [9.17, 15) is 13.6 Å². The van der Waals surface area contributed by atoms with E-state index in [-0.39, 0.29) is 18.1 Å². The minimum absolute atomic E-state index is 0.0475. The van der Waals surface area contributed by atoms with Gasteiger partial charge in [-0.3, -0.25) is 4.79 Å². The Morgan fingerprint density at radius 3 is 2.32 bits per heavy atom.